The summed E-state index contributed by atoms with van der Waals surface area (Å²) in [4.78, 5) is 3.22. The molecule has 0 saturated carbocycles. The van der Waals surface area contributed by atoms with Gasteiger partial charge in [0.15, 0.2) is 0 Å². The zero-order chi connectivity index (χ0) is 13.9. The van der Waals surface area contributed by atoms with Crippen molar-refractivity contribution in [3.8, 4) is 12.1 Å². The van der Waals surface area contributed by atoms with Crippen molar-refractivity contribution >= 4 is 0 Å². The monoisotopic (exact) mass is 261 g/mol. The fraction of sp³-hybridized carbons (Fsp3) is 0.300. The summed E-state index contributed by atoms with van der Waals surface area (Å²) in [5.41, 5.74) is -4.78. The van der Waals surface area contributed by atoms with Crippen LogP contribution in [0.3, 0.4) is 0 Å². The number of aromatic nitrogens is 1. The molecule has 0 radical (unpaired) electrons. The molecule has 0 spiro atoms. The van der Waals surface area contributed by atoms with Gasteiger partial charge in [-0.05, 0) is 5.56 Å². The standard InChI is InChI=1S/C10H4F5N3/c11-9(12)7-6(3-17)18-4-5(1-2-16)8(7)10(13,14)15/h4,9H,1H2. The largest absolute Gasteiger partial charge is 0.417 e. The minimum absolute atomic E-state index is 0.622. The molecule has 0 fully saturated rings. The molecule has 0 saturated heterocycles. The van der Waals surface area contributed by atoms with Gasteiger partial charge in [0.2, 0.25) is 0 Å². The van der Waals surface area contributed by atoms with Crippen LogP contribution in [0.1, 0.15) is 28.8 Å². The molecule has 0 bridgehead atoms. The molecule has 0 amide bonds. The van der Waals surface area contributed by atoms with Crippen molar-refractivity contribution in [1.82, 2.24) is 4.98 Å². The number of pyridine rings is 1. The van der Waals surface area contributed by atoms with Gasteiger partial charge in [-0.3, -0.25) is 0 Å². The van der Waals surface area contributed by atoms with E-state index in [9.17, 15) is 22.0 Å². The summed E-state index contributed by atoms with van der Waals surface area (Å²) in [6.45, 7) is 0. The Bertz CT molecular complexity index is 536. The maximum Gasteiger partial charge on any atom is 0.417 e. The predicted molar refractivity (Wildman–Crippen MR) is 48.2 cm³/mol. The lowest BCUT2D eigenvalue weighted by atomic mass is 9.99. The Balaban J connectivity index is 3.68. The number of alkyl halides is 5. The van der Waals surface area contributed by atoms with E-state index in [1.807, 2.05) is 0 Å². The molecule has 1 rings (SSSR count). The maximum absolute atomic E-state index is 12.7. The van der Waals surface area contributed by atoms with Crippen LogP contribution in [0.5, 0.6) is 0 Å². The SMILES string of the molecule is N#CCc1cnc(C#N)c(C(F)F)c1C(F)(F)F. The molecule has 18 heavy (non-hydrogen) atoms. The third-order valence-electron chi connectivity index (χ3n) is 2.07. The number of nitriles is 2. The molecule has 0 atom stereocenters. The van der Waals surface area contributed by atoms with E-state index in [1.165, 1.54) is 12.1 Å². The van der Waals surface area contributed by atoms with E-state index < -0.39 is 41.4 Å². The average molecular weight is 261 g/mol. The van der Waals surface area contributed by atoms with Crippen molar-refractivity contribution in [3.63, 3.8) is 0 Å². The second-order valence-electron chi connectivity index (χ2n) is 3.17. The number of halogens is 5. The molecule has 3 nitrogen and oxygen atoms in total. The predicted octanol–water partition coefficient (Wildman–Crippen LogP) is 2.98. The molecule has 1 aromatic rings. The highest BCUT2D eigenvalue weighted by Gasteiger charge is 2.40. The lowest BCUT2D eigenvalue weighted by molar-refractivity contribution is -0.140. The third-order valence-corrected chi connectivity index (χ3v) is 2.07. The Kier molecular flexibility index (Phi) is 3.82. The Labute approximate surface area is 98.1 Å². The lowest BCUT2D eigenvalue weighted by Crippen LogP contribution is -2.16. The van der Waals surface area contributed by atoms with Gasteiger partial charge in [-0.2, -0.15) is 23.7 Å². The van der Waals surface area contributed by atoms with Crippen LogP contribution in [0.15, 0.2) is 6.20 Å². The van der Waals surface area contributed by atoms with E-state index in [0.717, 1.165) is 0 Å². The molecular formula is C10H4F5N3. The molecule has 0 aliphatic heterocycles. The van der Waals surface area contributed by atoms with Crippen molar-refractivity contribution in [2.24, 2.45) is 0 Å². The number of hydrogen-bond acceptors (Lipinski definition) is 3. The molecule has 1 heterocycles. The van der Waals surface area contributed by atoms with Crippen LogP contribution in [0.25, 0.3) is 0 Å². The highest BCUT2D eigenvalue weighted by molar-refractivity contribution is 5.45. The Morgan fingerprint density at radius 2 is 1.89 bits per heavy atom. The molecular weight excluding hydrogens is 257 g/mol. The van der Waals surface area contributed by atoms with Crippen molar-refractivity contribution < 1.29 is 22.0 Å². The van der Waals surface area contributed by atoms with Crippen LogP contribution >= 0.6 is 0 Å². The first-order valence-corrected chi connectivity index (χ1v) is 4.47. The van der Waals surface area contributed by atoms with Crippen LogP contribution in [0, 0.1) is 22.7 Å². The van der Waals surface area contributed by atoms with Gasteiger partial charge in [0.1, 0.15) is 11.8 Å². The zero-order valence-electron chi connectivity index (χ0n) is 8.59. The van der Waals surface area contributed by atoms with Crippen molar-refractivity contribution in [1.29, 1.82) is 10.5 Å². The van der Waals surface area contributed by atoms with Gasteiger partial charge in [0.05, 0.1) is 23.6 Å². The van der Waals surface area contributed by atoms with Crippen LogP contribution in [0.4, 0.5) is 22.0 Å². The molecule has 0 unspecified atom stereocenters. The first-order valence-electron chi connectivity index (χ1n) is 4.47. The van der Waals surface area contributed by atoms with Crippen LogP contribution < -0.4 is 0 Å². The normalized spacial score (nSPS) is 11.1. The summed E-state index contributed by atoms with van der Waals surface area (Å²) in [5, 5.41) is 16.9. The second kappa shape index (κ2) is 4.96. The van der Waals surface area contributed by atoms with E-state index in [4.69, 9.17) is 10.5 Å². The van der Waals surface area contributed by atoms with E-state index in [1.54, 1.807) is 0 Å². The fourth-order valence-corrected chi connectivity index (χ4v) is 1.42. The van der Waals surface area contributed by atoms with Gasteiger partial charge < -0.3 is 0 Å². The van der Waals surface area contributed by atoms with E-state index in [2.05, 4.69) is 4.98 Å². The van der Waals surface area contributed by atoms with Crippen molar-refractivity contribution in [2.75, 3.05) is 0 Å². The first kappa shape index (κ1) is 13.8. The van der Waals surface area contributed by atoms with Gasteiger partial charge in [-0.25, -0.2) is 13.8 Å². The highest BCUT2D eigenvalue weighted by atomic mass is 19.4. The second-order valence-corrected chi connectivity index (χ2v) is 3.17. The minimum atomic E-state index is -5.08. The summed E-state index contributed by atoms with van der Waals surface area (Å²) in [6, 6.07) is 2.62. The van der Waals surface area contributed by atoms with Gasteiger partial charge in [-0.1, -0.05) is 0 Å². The summed E-state index contributed by atoms with van der Waals surface area (Å²) in [7, 11) is 0. The van der Waals surface area contributed by atoms with Crippen LogP contribution in [-0.2, 0) is 12.6 Å². The molecule has 1 aromatic heterocycles. The Morgan fingerprint density at radius 1 is 1.28 bits per heavy atom. The summed E-state index contributed by atoms with van der Waals surface area (Å²) >= 11 is 0. The molecule has 0 aliphatic carbocycles. The molecule has 94 valence electrons. The average Bonchev–Trinajstić information content (AvgIpc) is 2.27. The first-order chi connectivity index (χ1) is 8.32. The van der Waals surface area contributed by atoms with Gasteiger partial charge >= 0.3 is 6.18 Å². The Morgan fingerprint density at radius 3 is 2.28 bits per heavy atom. The van der Waals surface area contributed by atoms with Gasteiger partial charge in [-0.15, -0.1) is 0 Å². The molecule has 0 aliphatic rings. The molecule has 0 N–H and O–H groups in total. The van der Waals surface area contributed by atoms with Gasteiger partial charge in [0.25, 0.3) is 6.43 Å². The number of hydrogen-bond donors (Lipinski definition) is 0. The summed E-state index contributed by atoms with van der Waals surface area (Å²) < 4.78 is 63.5. The summed E-state index contributed by atoms with van der Waals surface area (Å²) in [5.74, 6) is 0. The molecule has 8 heteroatoms. The van der Waals surface area contributed by atoms with Crippen LogP contribution in [-0.4, -0.2) is 4.98 Å². The summed E-state index contributed by atoms with van der Waals surface area (Å²) in [6.07, 6.45) is -8.67. The quantitative estimate of drug-likeness (QED) is 0.769. The van der Waals surface area contributed by atoms with Crippen LogP contribution in [0.2, 0.25) is 0 Å². The van der Waals surface area contributed by atoms with Crippen molar-refractivity contribution in [3.05, 3.63) is 28.6 Å². The van der Waals surface area contributed by atoms with Gasteiger partial charge in [0, 0.05) is 6.20 Å². The maximum atomic E-state index is 12.7. The minimum Gasteiger partial charge on any atom is -0.245 e. The lowest BCUT2D eigenvalue weighted by Gasteiger charge is -2.16. The van der Waals surface area contributed by atoms with E-state index >= 15 is 0 Å². The molecule has 0 aromatic carbocycles. The zero-order valence-corrected chi connectivity index (χ0v) is 8.59. The number of rotatable bonds is 2. The number of nitrogens with zero attached hydrogens (tertiary/aromatic N) is 3. The third kappa shape index (κ3) is 2.54. The topological polar surface area (TPSA) is 60.5 Å². The Hall–Kier alpha value is -2.22. The fourth-order valence-electron chi connectivity index (χ4n) is 1.42. The highest BCUT2D eigenvalue weighted by Crippen LogP contribution is 2.39. The van der Waals surface area contributed by atoms with E-state index in [-0.39, 0.29) is 0 Å². The smallest absolute Gasteiger partial charge is 0.245 e. The van der Waals surface area contributed by atoms with Crippen molar-refractivity contribution in [2.45, 2.75) is 19.0 Å². The van der Waals surface area contributed by atoms with E-state index in [0.29, 0.717) is 6.20 Å².